The molecule has 0 amide bonds. The van der Waals surface area contributed by atoms with Crippen molar-refractivity contribution in [3.63, 3.8) is 0 Å². The number of sulfonamides is 1. The summed E-state index contributed by atoms with van der Waals surface area (Å²) in [5.74, 6) is -1.15. The molecule has 2 rings (SSSR count). The van der Waals surface area contributed by atoms with Crippen LogP contribution in [0.1, 0.15) is 28.4 Å². The maximum atomic E-state index is 12.9. The van der Waals surface area contributed by atoms with E-state index in [1.54, 1.807) is 38.4 Å². The highest BCUT2D eigenvalue weighted by Crippen LogP contribution is 2.23. The van der Waals surface area contributed by atoms with Gasteiger partial charge in [0.25, 0.3) is 0 Å². The molecule has 0 aliphatic heterocycles. The van der Waals surface area contributed by atoms with Gasteiger partial charge in [0.05, 0.1) is 10.5 Å². The van der Waals surface area contributed by atoms with E-state index in [0.29, 0.717) is 5.56 Å². The van der Waals surface area contributed by atoms with Crippen molar-refractivity contribution in [2.45, 2.75) is 25.3 Å². The number of carboxylic acids is 1. The van der Waals surface area contributed by atoms with E-state index < -0.39 is 16.0 Å². The normalized spacial score (nSPS) is 11.6. The van der Waals surface area contributed by atoms with Crippen LogP contribution in [0.5, 0.6) is 0 Å². The summed E-state index contributed by atoms with van der Waals surface area (Å²) in [6.45, 7) is 3.88. The standard InChI is InChI=1S/C16H18N2O4S/c1-3-18(11-13-6-8-17-9-7-13)23(21,22)15-10-14(16(19)20)5-4-12(15)2/h4-10H,3,11H2,1-2H3,(H,19,20). The highest BCUT2D eigenvalue weighted by Gasteiger charge is 2.26. The number of aromatic carboxylic acids is 1. The summed E-state index contributed by atoms with van der Waals surface area (Å²) in [5.41, 5.74) is 1.29. The van der Waals surface area contributed by atoms with Gasteiger partial charge in [-0.1, -0.05) is 13.0 Å². The van der Waals surface area contributed by atoms with Crippen molar-refractivity contribution in [3.8, 4) is 0 Å². The van der Waals surface area contributed by atoms with E-state index in [2.05, 4.69) is 4.98 Å². The molecular formula is C16H18N2O4S. The van der Waals surface area contributed by atoms with Gasteiger partial charge in [-0.15, -0.1) is 0 Å². The van der Waals surface area contributed by atoms with Crippen molar-refractivity contribution in [1.82, 2.24) is 9.29 Å². The maximum Gasteiger partial charge on any atom is 0.335 e. The van der Waals surface area contributed by atoms with Crippen LogP contribution in [0.2, 0.25) is 0 Å². The molecule has 122 valence electrons. The number of rotatable bonds is 6. The zero-order valence-corrected chi connectivity index (χ0v) is 13.7. The average Bonchev–Trinajstić information content (AvgIpc) is 2.53. The molecule has 2 aromatic rings. The van der Waals surface area contributed by atoms with E-state index in [1.807, 2.05) is 0 Å². The molecule has 1 aromatic carbocycles. The molecule has 0 saturated carbocycles. The minimum absolute atomic E-state index is 0.0216. The largest absolute Gasteiger partial charge is 0.478 e. The third kappa shape index (κ3) is 3.75. The molecule has 0 radical (unpaired) electrons. The Balaban J connectivity index is 2.43. The molecule has 0 aliphatic carbocycles. The van der Waals surface area contributed by atoms with Gasteiger partial charge in [0.1, 0.15) is 0 Å². The summed E-state index contributed by atoms with van der Waals surface area (Å²) in [7, 11) is -3.79. The van der Waals surface area contributed by atoms with Crippen LogP contribution >= 0.6 is 0 Å². The molecule has 7 heteroatoms. The van der Waals surface area contributed by atoms with E-state index in [-0.39, 0.29) is 23.5 Å². The van der Waals surface area contributed by atoms with Crippen molar-refractivity contribution in [3.05, 3.63) is 59.4 Å². The Bertz CT molecular complexity index is 804. The van der Waals surface area contributed by atoms with Gasteiger partial charge in [0, 0.05) is 25.5 Å². The fourth-order valence-corrected chi connectivity index (χ4v) is 3.90. The molecule has 23 heavy (non-hydrogen) atoms. The molecule has 1 heterocycles. The van der Waals surface area contributed by atoms with Gasteiger partial charge < -0.3 is 5.11 Å². The molecule has 0 saturated heterocycles. The lowest BCUT2D eigenvalue weighted by Gasteiger charge is -2.22. The van der Waals surface area contributed by atoms with Crippen LogP contribution in [0.25, 0.3) is 0 Å². The zero-order valence-electron chi connectivity index (χ0n) is 12.9. The van der Waals surface area contributed by atoms with Crippen LogP contribution < -0.4 is 0 Å². The number of pyridine rings is 1. The molecular weight excluding hydrogens is 316 g/mol. The second-order valence-electron chi connectivity index (χ2n) is 5.07. The van der Waals surface area contributed by atoms with Crippen molar-refractivity contribution >= 4 is 16.0 Å². The van der Waals surface area contributed by atoms with Crippen LogP contribution in [-0.4, -0.2) is 35.3 Å². The average molecular weight is 334 g/mol. The maximum absolute atomic E-state index is 12.9. The Labute approximate surface area is 135 Å². The highest BCUT2D eigenvalue weighted by atomic mass is 32.2. The highest BCUT2D eigenvalue weighted by molar-refractivity contribution is 7.89. The molecule has 6 nitrogen and oxygen atoms in total. The summed E-state index contributed by atoms with van der Waals surface area (Å²) >= 11 is 0. The van der Waals surface area contributed by atoms with Crippen molar-refractivity contribution in [1.29, 1.82) is 0 Å². The third-order valence-corrected chi connectivity index (χ3v) is 5.58. The summed E-state index contributed by atoms with van der Waals surface area (Å²) in [4.78, 5) is 15.0. The number of hydrogen-bond donors (Lipinski definition) is 1. The zero-order chi connectivity index (χ0) is 17.0. The fourth-order valence-electron chi connectivity index (χ4n) is 2.21. The summed E-state index contributed by atoms with van der Waals surface area (Å²) in [6, 6.07) is 7.62. The number of aromatic nitrogens is 1. The Morgan fingerprint density at radius 2 is 1.87 bits per heavy atom. The summed E-state index contributed by atoms with van der Waals surface area (Å²) in [5, 5.41) is 9.08. The molecule has 0 aliphatic rings. The minimum Gasteiger partial charge on any atom is -0.478 e. The van der Waals surface area contributed by atoms with E-state index in [0.717, 1.165) is 5.56 Å². The van der Waals surface area contributed by atoms with Gasteiger partial charge in [-0.3, -0.25) is 4.98 Å². The Kier molecular flexibility index (Phi) is 5.12. The first kappa shape index (κ1) is 17.1. The predicted molar refractivity (Wildman–Crippen MR) is 85.6 cm³/mol. The van der Waals surface area contributed by atoms with E-state index in [9.17, 15) is 13.2 Å². The van der Waals surface area contributed by atoms with Gasteiger partial charge in [0.2, 0.25) is 10.0 Å². The van der Waals surface area contributed by atoms with Crippen LogP contribution in [0, 0.1) is 6.92 Å². The summed E-state index contributed by atoms with van der Waals surface area (Å²) in [6.07, 6.45) is 3.21. The van der Waals surface area contributed by atoms with Gasteiger partial charge in [0.15, 0.2) is 0 Å². The lowest BCUT2D eigenvalue weighted by molar-refractivity contribution is 0.0696. The number of aryl methyl sites for hydroxylation is 1. The predicted octanol–water partition coefficient (Wildman–Crippen LogP) is 2.30. The topological polar surface area (TPSA) is 87.6 Å². The van der Waals surface area contributed by atoms with Crippen molar-refractivity contribution in [2.75, 3.05) is 6.54 Å². The van der Waals surface area contributed by atoms with Crippen LogP contribution in [0.15, 0.2) is 47.6 Å². The van der Waals surface area contributed by atoms with Gasteiger partial charge in [-0.05, 0) is 42.3 Å². The van der Waals surface area contributed by atoms with Crippen LogP contribution in [0.4, 0.5) is 0 Å². The molecule has 0 unspecified atom stereocenters. The molecule has 1 N–H and O–H groups in total. The first-order valence-electron chi connectivity index (χ1n) is 7.09. The van der Waals surface area contributed by atoms with E-state index >= 15 is 0 Å². The quantitative estimate of drug-likeness (QED) is 0.876. The monoisotopic (exact) mass is 334 g/mol. The lowest BCUT2D eigenvalue weighted by atomic mass is 10.1. The Hall–Kier alpha value is -2.25. The van der Waals surface area contributed by atoms with E-state index in [4.69, 9.17) is 5.11 Å². The van der Waals surface area contributed by atoms with Crippen molar-refractivity contribution in [2.24, 2.45) is 0 Å². The minimum atomic E-state index is -3.79. The molecule has 0 bridgehead atoms. The van der Waals surface area contributed by atoms with Crippen LogP contribution in [0.3, 0.4) is 0 Å². The second kappa shape index (κ2) is 6.89. The number of carbonyl (C=O) groups is 1. The lowest BCUT2D eigenvalue weighted by Crippen LogP contribution is -2.31. The first-order valence-corrected chi connectivity index (χ1v) is 8.53. The van der Waals surface area contributed by atoms with Gasteiger partial charge >= 0.3 is 5.97 Å². The van der Waals surface area contributed by atoms with Gasteiger partial charge in [-0.2, -0.15) is 4.31 Å². The molecule has 0 fully saturated rings. The van der Waals surface area contributed by atoms with Crippen molar-refractivity contribution < 1.29 is 18.3 Å². The number of benzene rings is 1. The number of nitrogens with zero attached hydrogens (tertiary/aromatic N) is 2. The van der Waals surface area contributed by atoms with Gasteiger partial charge in [-0.25, -0.2) is 13.2 Å². The smallest absolute Gasteiger partial charge is 0.335 e. The summed E-state index contributed by atoms with van der Waals surface area (Å²) < 4.78 is 27.1. The Morgan fingerprint density at radius 1 is 1.22 bits per heavy atom. The molecule has 1 aromatic heterocycles. The number of carboxylic acid groups (broad SMARTS) is 1. The molecule has 0 spiro atoms. The fraction of sp³-hybridized carbons (Fsp3) is 0.250. The molecule has 0 atom stereocenters. The number of hydrogen-bond acceptors (Lipinski definition) is 4. The third-order valence-electron chi connectivity index (χ3n) is 3.51. The second-order valence-corrected chi connectivity index (χ2v) is 6.98. The SMILES string of the molecule is CCN(Cc1ccncc1)S(=O)(=O)c1cc(C(=O)O)ccc1C. The van der Waals surface area contributed by atoms with E-state index in [1.165, 1.54) is 22.5 Å². The van der Waals surface area contributed by atoms with Crippen LogP contribution in [-0.2, 0) is 16.6 Å². The first-order chi connectivity index (χ1) is 10.9. The Morgan fingerprint density at radius 3 is 2.43 bits per heavy atom.